The fraction of sp³-hybridized carbons (Fsp3) is 0.179. The molecule has 1 atom stereocenters. The Kier molecular flexibility index (Phi) is 7.12. The highest BCUT2D eigenvalue weighted by Gasteiger charge is 2.35. The summed E-state index contributed by atoms with van der Waals surface area (Å²) in [4.78, 5) is 49.9. The van der Waals surface area contributed by atoms with Gasteiger partial charge in [0.15, 0.2) is 5.78 Å². The van der Waals surface area contributed by atoms with Crippen molar-refractivity contribution in [3.05, 3.63) is 110 Å². The standard InChI is InChI=1S/C28H23ClN4O3S/c1-17-2-9-26(30-13-17)32-27(35)19-5-3-18(4-6-19)14-33-24(12-22-15-37-16-31-22)25(34)11-20-10-21(29)7-8-23(20)28(33)36/h2-10,13,15-16,24H,11-12,14H2,1H3,(H,30,32,35)/t24-/m0/s1. The molecule has 2 aromatic carbocycles. The number of benzene rings is 2. The number of thiazole rings is 1. The van der Waals surface area contributed by atoms with Crippen LogP contribution in [-0.2, 0) is 24.2 Å². The van der Waals surface area contributed by atoms with E-state index >= 15 is 0 Å². The zero-order chi connectivity index (χ0) is 25.9. The van der Waals surface area contributed by atoms with E-state index in [1.807, 2.05) is 18.4 Å². The third kappa shape index (κ3) is 5.60. The minimum absolute atomic E-state index is 0.0658. The summed E-state index contributed by atoms with van der Waals surface area (Å²) >= 11 is 7.61. The lowest BCUT2D eigenvalue weighted by Gasteiger charge is -2.29. The molecule has 0 spiro atoms. The molecule has 0 saturated heterocycles. The second-order valence-electron chi connectivity index (χ2n) is 8.95. The number of rotatable bonds is 6. The fourth-order valence-electron chi connectivity index (χ4n) is 4.32. The van der Waals surface area contributed by atoms with Gasteiger partial charge in [-0.1, -0.05) is 29.8 Å². The Balaban J connectivity index is 1.40. The van der Waals surface area contributed by atoms with Gasteiger partial charge in [-0.05, 0) is 60.0 Å². The molecule has 0 unspecified atom stereocenters. The maximum Gasteiger partial charge on any atom is 0.256 e. The van der Waals surface area contributed by atoms with Gasteiger partial charge < -0.3 is 10.2 Å². The van der Waals surface area contributed by atoms with Crippen molar-refractivity contribution >= 4 is 46.4 Å². The molecule has 0 saturated carbocycles. The van der Waals surface area contributed by atoms with Crippen LogP contribution in [0.3, 0.4) is 0 Å². The Labute approximate surface area is 223 Å². The summed E-state index contributed by atoms with van der Waals surface area (Å²) in [7, 11) is 0. The van der Waals surface area contributed by atoms with E-state index in [-0.39, 0.29) is 30.6 Å². The van der Waals surface area contributed by atoms with Crippen molar-refractivity contribution in [1.82, 2.24) is 14.9 Å². The number of carbonyl (C=O) groups is 3. The summed E-state index contributed by atoms with van der Waals surface area (Å²) in [5, 5.41) is 5.15. The first-order valence-electron chi connectivity index (χ1n) is 11.7. The van der Waals surface area contributed by atoms with Crippen molar-refractivity contribution < 1.29 is 14.4 Å². The van der Waals surface area contributed by atoms with Crippen molar-refractivity contribution in [3.8, 4) is 0 Å². The quantitative estimate of drug-likeness (QED) is 0.373. The SMILES string of the molecule is Cc1ccc(NC(=O)c2ccc(CN3C(=O)c4ccc(Cl)cc4CC(=O)[C@@H]3Cc3cscn3)cc2)nc1. The average molecular weight is 531 g/mol. The number of pyridine rings is 1. The topological polar surface area (TPSA) is 92.3 Å². The lowest BCUT2D eigenvalue weighted by Crippen LogP contribution is -2.44. The maximum atomic E-state index is 13.7. The molecule has 1 N–H and O–H groups in total. The molecule has 0 aliphatic carbocycles. The first-order chi connectivity index (χ1) is 17.9. The number of carbonyl (C=O) groups excluding carboxylic acids is 3. The summed E-state index contributed by atoms with van der Waals surface area (Å²) < 4.78 is 0. The van der Waals surface area contributed by atoms with Crippen molar-refractivity contribution in [2.24, 2.45) is 0 Å². The highest BCUT2D eigenvalue weighted by Crippen LogP contribution is 2.27. The molecular formula is C28H23ClN4O3S. The first kappa shape index (κ1) is 24.8. The lowest BCUT2D eigenvalue weighted by atomic mass is 9.99. The van der Waals surface area contributed by atoms with E-state index in [0.717, 1.165) is 16.8 Å². The smallest absolute Gasteiger partial charge is 0.256 e. The summed E-state index contributed by atoms with van der Waals surface area (Å²) in [6.07, 6.45) is 2.14. The van der Waals surface area contributed by atoms with Gasteiger partial charge in [-0.3, -0.25) is 14.4 Å². The van der Waals surface area contributed by atoms with Crippen LogP contribution in [0.25, 0.3) is 0 Å². The van der Waals surface area contributed by atoms with Crippen LogP contribution in [0, 0.1) is 6.92 Å². The fourth-order valence-corrected chi connectivity index (χ4v) is 5.09. The number of aromatic nitrogens is 2. The number of halogens is 1. The summed E-state index contributed by atoms with van der Waals surface area (Å²) in [5.74, 6) is -0.109. The van der Waals surface area contributed by atoms with Crippen LogP contribution in [0.4, 0.5) is 5.82 Å². The second-order valence-corrected chi connectivity index (χ2v) is 10.1. The first-order valence-corrected chi connectivity index (χ1v) is 13.0. The number of fused-ring (bicyclic) bond motifs is 1. The Hall–Kier alpha value is -3.88. The van der Waals surface area contributed by atoms with E-state index in [2.05, 4.69) is 15.3 Å². The molecule has 37 heavy (non-hydrogen) atoms. The molecule has 0 fully saturated rings. The second kappa shape index (κ2) is 10.6. The number of Topliss-reactive ketones (excluding diaryl/α,β-unsaturated/α-hetero) is 1. The maximum absolute atomic E-state index is 13.7. The van der Waals surface area contributed by atoms with E-state index in [0.29, 0.717) is 34.0 Å². The summed E-state index contributed by atoms with van der Waals surface area (Å²) in [5.41, 5.74) is 5.84. The molecule has 2 aromatic heterocycles. The number of hydrogen-bond acceptors (Lipinski definition) is 6. The van der Waals surface area contributed by atoms with E-state index in [1.54, 1.807) is 65.1 Å². The van der Waals surface area contributed by atoms with Crippen LogP contribution in [0.2, 0.25) is 5.02 Å². The molecular weight excluding hydrogens is 508 g/mol. The van der Waals surface area contributed by atoms with Gasteiger partial charge >= 0.3 is 0 Å². The van der Waals surface area contributed by atoms with Crippen molar-refractivity contribution in [2.45, 2.75) is 32.4 Å². The van der Waals surface area contributed by atoms with Gasteiger partial charge in [-0.25, -0.2) is 9.97 Å². The van der Waals surface area contributed by atoms with Gasteiger partial charge in [0, 0.05) is 47.1 Å². The third-order valence-electron chi connectivity index (χ3n) is 6.28. The Bertz CT molecular complexity index is 1450. The normalized spacial score (nSPS) is 15.3. The van der Waals surface area contributed by atoms with Crippen LogP contribution in [0.15, 0.2) is 71.7 Å². The molecule has 2 amide bonds. The third-order valence-corrected chi connectivity index (χ3v) is 7.15. The highest BCUT2D eigenvalue weighted by atomic mass is 35.5. The number of ketones is 1. The number of amides is 2. The van der Waals surface area contributed by atoms with Gasteiger partial charge in [0.1, 0.15) is 5.82 Å². The zero-order valence-corrected chi connectivity index (χ0v) is 21.6. The van der Waals surface area contributed by atoms with Crippen molar-refractivity contribution in [2.75, 3.05) is 5.32 Å². The molecule has 0 radical (unpaired) electrons. The molecule has 186 valence electrons. The molecule has 4 aromatic rings. The minimum Gasteiger partial charge on any atom is -0.324 e. The van der Waals surface area contributed by atoms with E-state index in [9.17, 15) is 14.4 Å². The lowest BCUT2D eigenvalue weighted by molar-refractivity contribution is -0.122. The molecule has 7 nitrogen and oxygen atoms in total. The molecule has 1 aliphatic rings. The number of hydrogen-bond donors (Lipinski definition) is 1. The average Bonchev–Trinajstić information content (AvgIpc) is 3.38. The predicted molar refractivity (Wildman–Crippen MR) is 143 cm³/mol. The Morgan fingerprint density at radius 3 is 2.62 bits per heavy atom. The van der Waals surface area contributed by atoms with Gasteiger partial charge in [0.25, 0.3) is 11.8 Å². The van der Waals surface area contributed by atoms with Gasteiger partial charge in [0.2, 0.25) is 0 Å². The summed E-state index contributed by atoms with van der Waals surface area (Å²) in [6.45, 7) is 2.14. The van der Waals surface area contributed by atoms with Crippen LogP contribution in [0.5, 0.6) is 0 Å². The van der Waals surface area contributed by atoms with Crippen LogP contribution >= 0.6 is 22.9 Å². The zero-order valence-electron chi connectivity index (χ0n) is 20.0. The predicted octanol–water partition coefficient (Wildman–Crippen LogP) is 5.13. The molecule has 3 heterocycles. The molecule has 9 heteroatoms. The van der Waals surface area contributed by atoms with E-state index in [1.165, 1.54) is 11.3 Å². The number of nitrogens with one attached hydrogen (secondary N) is 1. The molecule has 5 rings (SSSR count). The Morgan fingerprint density at radius 2 is 1.92 bits per heavy atom. The van der Waals surface area contributed by atoms with E-state index in [4.69, 9.17) is 11.6 Å². The largest absolute Gasteiger partial charge is 0.324 e. The van der Waals surface area contributed by atoms with Gasteiger partial charge in [-0.2, -0.15) is 0 Å². The van der Waals surface area contributed by atoms with Crippen molar-refractivity contribution in [1.29, 1.82) is 0 Å². The van der Waals surface area contributed by atoms with Crippen LogP contribution in [0.1, 0.15) is 43.1 Å². The van der Waals surface area contributed by atoms with Gasteiger partial charge in [0.05, 0.1) is 17.2 Å². The van der Waals surface area contributed by atoms with Crippen LogP contribution < -0.4 is 5.32 Å². The molecule has 1 aliphatic heterocycles. The Morgan fingerprint density at radius 1 is 1.11 bits per heavy atom. The summed E-state index contributed by atoms with van der Waals surface area (Å²) in [6, 6.07) is 15.0. The number of nitrogens with zero attached hydrogens (tertiary/aromatic N) is 3. The monoisotopic (exact) mass is 530 g/mol. The number of aryl methyl sites for hydroxylation is 1. The number of anilines is 1. The van der Waals surface area contributed by atoms with E-state index < -0.39 is 6.04 Å². The van der Waals surface area contributed by atoms with Gasteiger partial charge in [-0.15, -0.1) is 11.3 Å². The minimum atomic E-state index is -0.670. The van der Waals surface area contributed by atoms with Crippen molar-refractivity contribution in [3.63, 3.8) is 0 Å². The molecule has 0 bridgehead atoms. The van der Waals surface area contributed by atoms with Crippen LogP contribution in [-0.4, -0.2) is 38.5 Å². The highest BCUT2D eigenvalue weighted by molar-refractivity contribution is 7.07.